The van der Waals surface area contributed by atoms with Crippen LogP contribution in [0.25, 0.3) is 0 Å². The van der Waals surface area contributed by atoms with Gasteiger partial charge in [0.2, 0.25) is 11.0 Å². The summed E-state index contributed by atoms with van der Waals surface area (Å²) in [6.45, 7) is 3.55. The van der Waals surface area contributed by atoms with E-state index < -0.39 is 0 Å². The van der Waals surface area contributed by atoms with E-state index in [1.165, 1.54) is 23.1 Å². The lowest BCUT2D eigenvalue weighted by atomic mass is 10.4. The predicted molar refractivity (Wildman–Crippen MR) is 79.0 cm³/mol. The number of hydrogen-bond donors (Lipinski definition) is 1. The number of rotatable bonds is 4. The van der Waals surface area contributed by atoms with Crippen LogP contribution in [-0.2, 0) is 4.79 Å². The normalized spacial score (nSPS) is 16.2. The number of anilines is 1. The minimum atomic E-state index is 0.190. The number of hydrogen-bond acceptors (Lipinski definition) is 7. The summed E-state index contributed by atoms with van der Waals surface area (Å²) in [5, 5.41) is 12.3. The molecule has 0 spiro atoms. The highest BCUT2D eigenvalue weighted by Gasteiger charge is 2.16. The molecule has 0 bridgehead atoms. The van der Waals surface area contributed by atoms with Gasteiger partial charge in [0.1, 0.15) is 0 Å². The van der Waals surface area contributed by atoms with Gasteiger partial charge in [0.15, 0.2) is 4.34 Å². The Kier molecular flexibility index (Phi) is 5.41. The zero-order valence-electron chi connectivity index (χ0n) is 11.3. The Morgan fingerprint density at radius 3 is 3.00 bits per heavy atom. The summed E-state index contributed by atoms with van der Waals surface area (Å²) < 4.78 is 0.852. The monoisotopic (exact) mass is 301 g/mol. The quantitative estimate of drug-likeness (QED) is 0.818. The van der Waals surface area contributed by atoms with Crippen molar-refractivity contribution in [1.29, 1.82) is 0 Å². The molecule has 8 heteroatoms. The van der Waals surface area contributed by atoms with Gasteiger partial charge in [-0.15, -0.1) is 10.2 Å². The van der Waals surface area contributed by atoms with Crippen LogP contribution in [0.4, 0.5) is 5.13 Å². The molecular weight excluding hydrogens is 282 g/mol. The van der Waals surface area contributed by atoms with E-state index >= 15 is 0 Å². The van der Waals surface area contributed by atoms with E-state index in [9.17, 15) is 4.79 Å². The standard InChI is InChI=1S/C11H19N5OS2/c1-15(2)10-13-14-11(19-10)18-8-9(17)16-6-3-4-12-5-7-16/h12H,3-8H2,1-2H3. The van der Waals surface area contributed by atoms with Crippen LogP contribution < -0.4 is 10.2 Å². The minimum Gasteiger partial charge on any atom is -0.353 e. The van der Waals surface area contributed by atoms with E-state index in [1.807, 2.05) is 23.9 Å². The number of nitrogens with one attached hydrogen (secondary N) is 1. The molecule has 1 aromatic heterocycles. The van der Waals surface area contributed by atoms with Crippen molar-refractivity contribution in [2.45, 2.75) is 10.8 Å². The van der Waals surface area contributed by atoms with Crippen molar-refractivity contribution < 1.29 is 4.79 Å². The Labute approximate surface area is 121 Å². The Morgan fingerprint density at radius 2 is 2.26 bits per heavy atom. The molecule has 0 radical (unpaired) electrons. The second-order valence-electron chi connectivity index (χ2n) is 4.52. The molecular formula is C11H19N5OS2. The third-order valence-electron chi connectivity index (χ3n) is 2.79. The van der Waals surface area contributed by atoms with Crippen molar-refractivity contribution >= 4 is 34.1 Å². The van der Waals surface area contributed by atoms with E-state index in [1.54, 1.807) is 0 Å². The first-order chi connectivity index (χ1) is 9.16. The Balaban J connectivity index is 1.81. The van der Waals surface area contributed by atoms with Gasteiger partial charge in [-0.05, 0) is 13.0 Å². The van der Waals surface area contributed by atoms with Crippen molar-refractivity contribution in [3.8, 4) is 0 Å². The fourth-order valence-corrected chi connectivity index (χ4v) is 3.42. The summed E-state index contributed by atoms with van der Waals surface area (Å²) in [6.07, 6.45) is 1.03. The Morgan fingerprint density at radius 1 is 1.42 bits per heavy atom. The molecule has 0 unspecified atom stereocenters. The van der Waals surface area contributed by atoms with Crippen LogP contribution in [0.5, 0.6) is 0 Å². The summed E-state index contributed by atoms with van der Waals surface area (Å²) in [7, 11) is 3.87. The van der Waals surface area contributed by atoms with Crippen molar-refractivity contribution in [2.75, 3.05) is 50.9 Å². The van der Waals surface area contributed by atoms with Gasteiger partial charge in [0.05, 0.1) is 5.75 Å². The number of amides is 1. The van der Waals surface area contributed by atoms with E-state index in [-0.39, 0.29) is 5.91 Å². The molecule has 1 aromatic rings. The van der Waals surface area contributed by atoms with Crippen LogP contribution in [0, 0.1) is 0 Å². The SMILES string of the molecule is CN(C)c1nnc(SCC(=O)N2CCCNCC2)s1. The van der Waals surface area contributed by atoms with Gasteiger partial charge < -0.3 is 15.1 Å². The fraction of sp³-hybridized carbons (Fsp3) is 0.727. The second-order valence-corrected chi connectivity index (χ2v) is 6.70. The van der Waals surface area contributed by atoms with Crippen molar-refractivity contribution in [2.24, 2.45) is 0 Å². The van der Waals surface area contributed by atoms with Gasteiger partial charge in [-0.1, -0.05) is 23.1 Å². The van der Waals surface area contributed by atoms with E-state index in [0.717, 1.165) is 42.1 Å². The summed E-state index contributed by atoms with van der Waals surface area (Å²) in [4.78, 5) is 15.9. The van der Waals surface area contributed by atoms with E-state index in [4.69, 9.17) is 0 Å². The first-order valence-corrected chi connectivity index (χ1v) is 8.09. The van der Waals surface area contributed by atoms with Gasteiger partial charge in [-0.25, -0.2) is 0 Å². The number of carbonyl (C=O) groups excluding carboxylic acids is 1. The zero-order chi connectivity index (χ0) is 13.7. The van der Waals surface area contributed by atoms with Crippen LogP contribution in [0.3, 0.4) is 0 Å². The average Bonchev–Trinajstić information content (AvgIpc) is 2.70. The summed E-state index contributed by atoms with van der Waals surface area (Å²) in [6, 6.07) is 0. The molecule has 19 heavy (non-hydrogen) atoms. The first-order valence-electron chi connectivity index (χ1n) is 6.29. The molecule has 1 saturated heterocycles. The number of aromatic nitrogens is 2. The molecule has 0 atom stereocenters. The lowest BCUT2D eigenvalue weighted by Gasteiger charge is -2.19. The lowest BCUT2D eigenvalue weighted by Crippen LogP contribution is -2.35. The molecule has 1 amide bonds. The molecule has 106 valence electrons. The van der Waals surface area contributed by atoms with Gasteiger partial charge in [0, 0.05) is 33.7 Å². The van der Waals surface area contributed by atoms with Crippen LogP contribution in [0.15, 0.2) is 4.34 Å². The van der Waals surface area contributed by atoms with Crippen LogP contribution in [-0.4, -0.2) is 67.0 Å². The van der Waals surface area contributed by atoms with Crippen molar-refractivity contribution in [3.05, 3.63) is 0 Å². The molecule has 6 nitrogen and oxygen atoms in total. The van der Waals surface area contributed by atoms with Gasteiger partial charge in [-0.3, -0.25) is 4.79 Å². The average molecular weight is 301 g/mol. The van der Waals surface area contributed by atoms with Crippen LogP contribution >= 0.6 is 23.1 Å². The largest absolute Gasteiger partial charge is 0.353 e. The minimum absolute atomic E-state index is 0.190. The first kappa shape index (κ1) is 14.5. The molecule has 2 heterocycles. The second kappa shape index (κ2) is 7.06. The van der Waals surface area contributed by atoms with E-state index in [0.29, 0.717) is 5.75 Å². The maximum atomic E-state index is 12.1. The van der Waals surface area contributed by atoms with Crippen LogP contribution in [0.1, 0.15) is 6.42 Å². The molecule has 1 fully saturated rings. The third-order valence-corrected chi connectivity index (χ3v) is 5.00. The van der Waals surface area contributed by atoms with Crippen molar-refractivity contribution in [1.82, 2.24) is 20.4 Å². The highest BCUT2D eigenvalue weighted by Crippen LogP contribution is 2.26. The van der Waals surface area contributed by atoms with Gasteiger partial charge in [-0.2, -0.15) is 0 Å². The number of carbonyl (C=O) groups is 1. The highest BCUT2D eigenvalue weighted by atomic mass is 32.2. The number of nitrogens with zero attached hydrogens (tertiary/aromatic N) is 4. The summed E-state index contributed by atoms with van der Waals surface area (Å²) in [5.41, 5.74) is 0. The lowest BCUT2D eigenvalue weighted by molar-refractivity contribution is -0.128. The zero-order valence-corrected chi connectivity index (χ0v) is 12.9. The summed E-state index contributed by atoms with van der Waals surface area (Å²) >= 11 is 2.99. The van der Waals surface area contributed by atoms with Crippen LogP contribution in [0.2, 0.25) is 0 Å². The predicted octanol–water partition coefficient (Wildman–Crippen LogP) is 0.518. The molecule has 2 rings (SSSR count). The fourth-order valence-electron chi connectivity index (χ4n) is 1.75. The number of thioether (sulfide) groups is 1. The maximum Gasteiger partial charge on any atom is 0.233 e. The van der Waals surface area contributed by atoms with E-state index in [2.05, 4.69) is 15.5 Å². The van der Waals surface area contributed by atoms with Crippen molar-refractivity contribution in [3.63, 3.8) is 0 Å². The van der Waals surface area contributed by atoms with Gasteiger partial charge in [0.25, 0.3) is 0 Å². The summed E-state index contributed by atoms with van der Waals surface area (Å²) in [5.74, 6) is 0.637. The molecule has 1 aliphatic rings. The molecule has 0 saturated carbocycles. The molecule has 1 aliphatic heterocycles. The molecule has 1 N–H and O–H groups in total. The highest BCUT2D eigenvalue weighted by molar-refractivity contribution is 8.01. The smallest absolute Gasteiger partial charge is 0.233 e. The molecule has 0 aliphatic carbocycles. The van der Waals surface area contributed by atoms with Gasteiger partial charge >= 0.3 is 0 Å². The Bertz CT molecular complexity index is 415. The third kappa shape index (κ3) is 4.32. The Hall–Kier alpha value is -0.860. The molecule has 0 aromatic carbocycles. The maximum absolute atomic E-state index is 12.1. The topological polar surface area (TPSA) is 61.4 Å².